The zero-order valence-corrected chi connectivity index (χ0v) is 9.87. The molecule has 1 N–H and O–H groups in total. The van der Waals surface area contributed by atoms with Crippen LogP contribution in [0.1, 0.15) is 39.0 Å². The average Bonchev–Trinajstić information content (AvgIpc) is 3.12. The predicted octanol–water partition coefficient (Wildman–Crippen LogP) is 0.914. The summed E-state index contributed by atoms with van der Waals surface area (Å²) in [4.78, 5) is 25.1. The third-order valence-corrected chi connectivity index (χ3v) is 3.44. The Balaban J connectivity index is 1.75. The van der Waals surface area contributed by atoms with Crippen molar-refractivity contribution < 1.29 is 9.59 Å². The number of carbonyl (C=O) groups is 2. The summed E-state index contributed by atoms with van der Waals surface area (Å²) < 4.78 is 0. The number of likely N-dealkylation sites (tertiary alicyclic amines) is 1. The first-order valence-corrected chi connectivity index (χ1v) is 6.29. The Kier molecular flexibility index (Phi) is 3.46. The monoisotopic (exact) mass is 224 g/mol. The van der Waals surface area contributed by atoms with Gasteiger partial charge in [-0.25, -0.2) is 0 Å². The van der Waals surface area contributed by atoms with E-state index in [0.29, 0.717) is 12.5 Å². The van der Waals surface area contributed by atoms with Crippen LogP contribution in [0.15, 0.2) is 0 Å². The van der Waals surface area contributed by atoms with Crippen molar-refractivity contribution >= 4 is 11.8 Å². The number of hydrogen-bond acceptors (Lipinski definition) is 2. The zero-order chi connectivity index (χ0) is 11.5. The molecule has 1 aliphatic carbocycles. The third kappa shape index (κ3) is 2.74. The first kappa shape index (κ1) is 11.4. The van der Waals surface area contributed by atoms with Crippen LogP contribution in [-0.4, -0.2) is 35.8 Å². The molecule has 90 valence electrons. The number of rotatable bonds is 3. The summed E-state index contributed by atoms with van der Waals surface area (Å²) in [6, 6.07) is 0.447. The summed E-state index contributed by atoms with van der Waals surface area (Å²) >= 11 is 0. The number of nitrogens with zero attached hydrogens (tertiary/aromatic N) is 1. The van der Waals surface area contributed by atoms with E-state index in [1.807, 2.05) is 11.8 Å². The highest BCUT2D eigenvalue weighted by molar-refractivity contribution is 5.80. The van der Waals surface area contributed by atoms with Crippen LogP contribution < -0.4 is 5.32 Å². The van der Waals surface area contributed by atoms with Gasteiger partial charge < -0.3 is 10.2 Å². The maximum absolute atomic E-state index is 11.8. The lowest BCUT2D eigenvalue weighted by Crippen LogP contribution is -2.43. The Morgan fingerprint density at radius 3 is 2.31 bits per heavy atom. The molecule has 4 nitrogen and oxygen atoms in total. The standard InChI is InChI=1S/C12H20N2O2/c1-2-11(15)14-7-5-9(6-8-14)12(16)13-10-3-4-10/h9-10H,2-8H2,1H3,(H,13,16). The third-order valence-electron chi connectivity index (χ3n) is 3.44. The Morgan fingerprint density at radius 2 is 1.81 bits per heavy atom. The number of carbonyl (C=O) groups excluding carboxylic acids is 2. The fourth-order valence-corrected chi connectivity index (χ4v) is 2.16. The fourth-order valence-electron chi connectivity index (χ4n) is 2.16. The zero-order valence-electron chi connectivity index (χ0n) is 9.87. The van der Waals surface area contributed by atoms with Gasteiger partial charge in [-0.3, -0.25) is 9.59 Å². The molecule has 2 aliphatic rings. The lowest BCUT2D eigenvalue weighted by molar-refractivity contribution is -0.135. The van der Waals surface area contributed by atoms with Gasteiger partial charge in [0.05, 0.1) is 0 Å². The van der Waals surface area contributed by atoms with Crippen LogP contribution in [0.25, 0.3) is 0 Å². The molecule has 2 amide bonds. The summed E-state index contributed by atoms with van der Waals surface area (Å²) in [5.74, 6) is 0.536. The van der Waals surface area contributed by atoms with Gasteiger partial charge in [0.25, 0.3) is 0 Å². The lowest BCUT2D eigenvalue weighted by atomic mass is 9.95. The van der Waals surface area contributed by atoms with Crippen molar-refractivity contribution in [3.8, 4) is 0 Å². The van der Waals surface area contributed by atoms with E-state index in [1.54, 1.807) is 0 Å². The predicted molar refractivity (Wildman–Crippen MR) is 60.8 cm³/mol. The second-order valence-corrected chi connectivity index (χ2v) is 4.79. The van der Waals surface area contributed by atoms with Crippen LogP contribution in [0.3, 0.4) is 0 Å². The fraction of sp³-hybridized carbons (Fsp3) is 0.833. The molecule has 1 heterocycles. The molecule has 1 saturated carbocycles. The first-order chi connectivity index (χ1) is 7.70. The number of nitrogens with one attached hydrogen (secondary N) is 1. The molecule has 0 aromatic carbocycles. The van der Waals surface area contributed by atoms with Crippen LogP contribution in [0, 0.1) is 5.92 Å². The quantitative estimate of drug-likeness (QED) is 0.774. The minimum atomic E-state index is 0.126. The normalized spacial score (nSPS) is 21.9. The molecule has 1 saturated heterocycles. The lowest BCUT2D eigenvalue weighted by Gasteiger charge is -2.31. The summed E-state index contributed by atoms with van der Waals surface area (Å²) in [6.07, 6.45) is 4.49. The molecule has 4 heteroatoms. The first-order valence-electron chi connectivity index (χ1n) is 6.29. The Morgan fingerprint density at radius 1 is 1.19 bits per heavy atom. The Bertz CT molecular complexity index is 279. The highest BCUT2D eigenvalue weighted by Gasteiger charge is 2.30. The minimum absolute atomic E-state index is 0.126. The summed E-state index contributed by atoms with van der Waals surface area (Å²) in [7, 11) is 0. The van der Waals surface area contributed by atoms with Crippen LogP contribution in [-0.2, 0) is 9.59 Å². The van der Waals surface area contributed by atoms with Crippen molar-refractivity contribution in [3.05, 3.63) is 0 Å². The smallest absolute Gasteiger partial charge is 0.223 e. The van der Waals surface area contributed by atoms with E-state index in [-0.39, 0.29) is 17.7 Å². The van der Waals surface area contributed by atoms with Crippen molar-refractivity contribution in [2.24, 2.45) is 5.92 Å². The van der Waals surface area contributed by atoms with Gasteiger partial charge in [-0.2, -0.15) is 0 Å². The van der Waals surface area contributed by atoms with Gasteiger partial charge in [0.1, 0.15) is 0 Å². The summed E-state index contributed by atoms with van der Waals surface area (Å²) in [5, 5.41) is 3.04. The van der Waals surface area contributed by atoms with Crippen molar-refractivity contribution in [2.45, 2.75) is 45.1 Å². The molecule has 0 atom stereocenters. The van der Waals surface area contributed by atoms with E-state index in [1.165, 1.54) is 0 Å². The van der Waals surface area contributed by atoms with Gasteiger partial charge in [0.15, 0.2) is 0 Å². The average molecular weight is 224 g/mol. The van der Waals surface area contributed by atoms with Gasteiger partial charge in [-0.05, 0) is 25.7 Å². The molecule has 0 aromatic heterocycles. The molecular formula is C12H20N2O2. The SMILES string of the molecule is CCC(=O)N1CCC(C(=O)NC2CC2)CC1. The van der Waals surface area contributed by atoms with Gasteiger partial charge in [-0.15, -0.1) is 0 Å². The van der Waals surface area contributed by atoms with Gasteiger partial charge in [0.2, 0.25) is 11.8 Å². The van der Waals surface area contributed by atoms with E-state index in [9.17, 15) is 9.59 Å². The highest BCUT2D eigenvalue weighted by Crippen LogP contribution is 2.22. The van der Waals surface area contributed by atoms with Crippen molar-refractivity contribution in [3.63, 3.8) is 0 Å². The van der Waals surface area contributed by atoms with Gasteiger partial charge in [-0.1, -0.05) is 6.92 Å². The van der Waals surface area contributed by atoms with E-state index in [2.05, 4.69) is 5.32 Å². The number of hydrogen-bond donors (Lipinski definition) is 1. The van der Waals surface area contributed by atoms with E-state index >= 15 is 0 Å². The summed E-state index contributed by atoms with van der Waals surface area (Å²) in [5.41, 5.74) is 0. The minimum Gasteiger partial charge on any atom is -0.353 e. The molecule has 2 rings (SSSR count). The van der Waals surface area contributed by atoms with E-state index in [0.717, 1.165) is 38.8 Å². The second-order valence-electron chi connectivity index (χ2n) is 4.79. The van der Waals surface area contributed by atoms with Gasteiger partial charge >= 0.3 is 0 Å². The molecule has 16 heavy (non-hydrogen) atoms. The molecule has 0 bridgehead atoms. The largest absolute Gasteiger partial charge is 0.353 e. The molecule has 0 unspecified atom stereocenters. The van der Waals surface area contributed by atoms with Crippen LogP contribution in [0.5, 0.6) is 0 Å². The van der Waals surface area contributed by atoms with Crippen molar-refractivity contribution in [1.29, 1.82) is 0 Å². The van der Waals surface area contributed by atoms with E-state index < -0.39 is 0 Å². The van der Waals surface area contributed by atoms with Crippen LogP contribution >= 0.6 is 0 Å². The number of piperidine rings is 1. The summed E-state index contributed by atoms with van der Waals surface area (Å²) in [6.45, 7) is 3.37. The molecule has 1 aliphatic heterocycles. The van der Waals surface area contributed by atoms with Crippen LogP contribution in [0.2, 0.25) is 0 Å². The maximum Gasteiger partial charge on any atom is 0.223 e. The highest BCUT2D eigenvalue weighted by atomic mass is 16.2. The molecule has 0 radical (unpaired) electrons. The van der Waals surface area contributed by atoms with Gasteiger partial charge in [0, 0.05) is 31.5 Å². The number of amides is 2. The van der Waals surface area contributed by atoms with Crippen molar-refractivity contribution in [2.75, 3.05) is 13.1 Å². The van der Waals surface area contributed by atoms with Crippen molar-refractivity contribution in [1.82, 2.24) is 10.2 Å². The van der Waals surface area contributed by atoms with E-state index in [4.69, 9.17) is 0 Å². The molecular weight excluding hydrogens is 204 g/mol. The second kappa shape index (κ2) is 4.85. The Labute approximate surface area is 96.4 Å². The maximum atomic E-state index is 11.8. The molecule has 0 aromatic rings. The Hall–Kier alpha value is -1.06. The molecule has 0 spiro atoms. The van der Waals surface area contributed by atoms with Crippen LogP contribution in [0.4, 0.5) is 0 Å². The topological polar surface area (TPSA) is 49.4 Å². The molecule has 2 fully saturated rings.